The summed E-state index contributed by atoms with van der Waals surface area (Å²) in [5, 5.41) is 4.65. The summed E-state index contributed by atoms with van der Waals surface area (Å²) >= 11 is 0. The van der Waals surface area contributed by atoms with E-state index in [2.05, 4.69) is 10.6 Å². The van der Waals surface area contributed by atoms with Crippen LogP contribution in [0.3, 0.4) is 0 Å². The summed E-state index contributed by atoms with van der Waals surface area (Å²) in [6, 6.07) is -0.553. The van der Waals surface area contributed by atoms with Crippen molar-refractivity contribution >= 4 is 17.9 Å². The van der Waals surface area contributed by atoms with E-state index in [1.807, 2.05) is 6.92 Å². The van der Waals surface area contributed by atoms with E-state index in [0.717, 1.165) is 0 Å². The molecule has 1 fully saturated rings. The number of amides is 3. The molecule has 3 amide bonds. The van der Waals surface area contributed by atoms with Gasteiger partial charge in [-0.05, 0) is 13.3 Å². The van der Waals surface area contributed by atoms with E-state index in [-0.39, 0.29) is 13.0 Å². The third-order valence-corrected chi connectivity index (χ3v) is 2.44. The van der Waals surface area contributed by atoms with Gasteiger partial charge in [0.2, 0.25) is 0 Å². The van der Waals surface area contributed by atoms with E-state index >= 15 is 0 Å². The number of esters is 1. The topological polar surface area (TPSA) is 84.5 Å². The second kappa shape index (κ2) is 4.96. The van der Waals surface area contributed by atoms with Gasteiger partial charge >= 0.3 is 12.0 Å². The maximum Gasteiger partial charge on any atom is 0.322 e. The van der Waals surface area contributed by atoms with E-state index in [4.69, 9.17) is 4.74 Å². The van der Waals surface area contributed by atoms with Crippen molar-refractivity contribution in [2.24, 2.45) is 0 Å². The number of urea groups is 1. The van der Waals surface area contributed by atoms with Crippen molar-refractivity contribution in [3.05, 3.63) is 0 Å². The zero-order chi connectivity index (χ0) is 12.2. The quantitative estimate of drug-likeness (QED) is 0.524. The molecule has 0 spiro atoms. The average molecular weight is 228 g/mol. The van der Waals surface area contributed by atoms with Crippen molar-refractivity contribution < 1.29 is 19.1 Å². The van der Waals surface area contributed by atoms with Gasteiger partial charge in [0.15, 0.2) is 0 Å². The number of nitrogens with one attached hydrogen (secondary N) is 2. The van der Waals surface area contributed by atoms with Crippen LogP contribution in [0.5, 0.6) is 0 Å². The molecule has 1 atom stereocenters. The number of hydrogen-bond acceptors (Lipinski definition) is 4. The molecule has 0 aromatic rings. The second-order valence-corrected chi connectivity index (χ2v) is 3.72. The molecule has 1 aliphatic heterocycles. The third kappa shape index (κ3) is 2.50. The van der Waals surface area contributed by atoms with Crippen molar-refractivity contribution in [3.63, 3.8) is 0 Å². The molecule has 6 heteroatoms. The Labute approximate surface area is 93.7 Å². The summed E-state index contributed by atoms with van der Waals surface area (Å²) in [6.45, 7) is 3.83. The van der Waals surface area contributed by atoms with Gasteiger partial charge in [0, 0.05) is 0 Å². The fourth-order valence-electron chi connectivity index (χ4n) is 1.80. The minimum Gasteiger partial charge on any atom is -0.466 e. The lowest BCUT2D eigenvalue weighted by molar-refractivity contribution is -0.147. The second-order valence-electron chi connectivity index (χ2n) is 3.72. The van der Waals surface area contributed by atoms with E-state index in [1.54, 1.807) is 6.92 Å². The molecule has 0 aromatic heterocycles. The molecule has 0 radical (unpaired) electrons. The van der Waals surface area contributed by atoms with Gasteiger partial charge in [-0.25, -0.2) is 4.79 Å². The Morgan fingerprint density at radius 1 is 1.38 bits per heavy atom. The third-order valence-electron chi connectivity index (χ3n) is 2.44. The molecule has 2 N–H and O–H groups in total. The first kappa shape index (κ1) is 12.5. The predicted octanol–water partition coefficient (Wildman–Crippen LogP) is 0.318. The van der Waals surface area contributed by atoms with Gasteiger partial charge in [0.05, 0.1) is 13.0 Å². The number of rotatable bonds is 5. The summed E-state index contributed by atoms with van der Waals surface area (Å²) in [6.07, 6.45) is 0.989. The van der Waals surface area contributed by atoms with Crippen LogP contribution in [-0.2, 0) is 14.3 Å². The lowest BCUT2D eigenvalue weighted by Gasteiger charge is -2.24. The molecule has 1 rings (SSSR count). The summed E-state index contributed by atoms with van der Waals surface area (Å²) in [5.74, 6) is -0.930. The monoisotopic (exact) mass is 228 g/mol. The highest BCUT2D eigenvalue weighted by Gasteiger charge is 2.47. The molecule has 1 unspecified atom stereocenters. The molecule has 0 bridgehead atoms. The maximum atomic E-state index is 11.6. The van der Waals surface area contributed by atoms with E-state index in [0.29, 0.717) is 12.8 Å². The van der Waals surface area contributed by atoms with Crippen LogP contribution in [0.1, 0.15) is 33.1 Å². The Bertz CT molecular complexity index is 316. The van der Waals surface area contributed by atoms with Crippen molar-refractivity contribution in [2.45, 2.75) is 38.6 Å². The van der Waals surface area contributed by atoms with Gasteiger partial charge in [-0.15, -0.1) is 0 Å². The summed E-state index contributed by atoms with van der Waals surface area (Å²) in [5.41, 5.74) is -1.13. The molecule has 6 nitrogen and oxygen atoms in total. The average Bonchev–Trinajstić information content (AvgIpc) is 2.42. The highest BCUT2D eigenvalue weighted by atomic mass is 16.5. The van der Waals surface area contributed by atoms with Crippen molar-refractivity contribution in [3.8, 4) is 0 Å². The van der Waals surface area contributed by atoms with Gasteiger partial charge in [0.25, 0.3) is 5.91 Å². The van der Waals surface area contributed by atoms with Gasteiger partial charge in [-0.1, -0.05) is 13.3 Å². The molecule has 0 aliphatic carbocycles. The molecule has 0 saturated carbocycles. The van der Waals surface area contributed by atoms with Crippen molar-refractivity contribution in [1.82, 2.24) is 10.6 Å². The highest BCUT2D eigenvalue weighted by molar-refractivity contribution is 6.08. The standard InChI is InChI=1S/C10H16N2O4/c1-3-5-10(6-7(13)16-4-2)8(14)11-9(15)12-10/h3-6H2,1-2H3,(H2,11,12,14,15). The first-order valence-corrected chi connectivity index (χ1v) is 5.33. The largest absolute Gasteiger partial charge is 0.466 e. The van der Waals surface area contributed by atoms with Crippen molar-refractivity contribution in [2.75, 3.05) is 6.61 Å². The van der Waals surface area contributed by atoms with Gasteiger partial charge in [0.1, 0.15) is 5.54 Å². The molecule has 1 saturated heterocycles. The Hall–Kier alpha value is -1.59. The fraction of sp³-hybridized carbons (Fsp3) is 0.700. The minimum atomic E-state index is -1.13. The van der Waals surface area contributed by atoms with Crippen LogP contribution >= 0.6 is 0 Å². The zero-order valence-corrected chi connectivity index (χ0v) is 9.46. The lowest BCUT2D eigenvalue weighted by atomic mass is 9.90. The SMILES string of the molecule is CCCC1(CC(=O)OCC)NC(=O)NC1=O. The van der Waals surface area contributed by atoms with Crippen LogP contribution in [0.25, 0.3) is 0 Å². The molecule has 90 valence electrons. The molecule has 16 heavy (non-hydrogen) atoms. The highest BCUT2D eigenvalue weighted by Crippen LogP contribution is 2.22. The maximum absolute atomic E-state index is 11.6. The van der Waals surface area contributed by atoms with E-state index < -0.39 is 23.4 Å². The molecular formula is C10H16N2O4. The summed E-state index contributed by atoms with van der Waals surface area (Å²) in [7, 11) is 0. The smallest absolute Gasteiger partial charge is 0.322 e. The van der Waals surface area contributed by atoms with Gasteiger partial charge in [-0.3, -0.25) is 14.9 Å². The van der Waals surface area contributed by atoms with Crippen LogP contribution < -0.4 is 10.6 Å². The zero-order valence-electron chi connectivity index (χ0n) is 9.46. The minimum absolute atomic E-state index is 0.119. The normalized spacial score (nSPS) is 23.9. The Morgan fingerprint density at radius 3 is 2.50 bits per heavy atom. The Balaban J connectivity index is 2.77. The van der Waals surface area contributed by atoms with Crippen LogP contribution in [-0.4, -0.2) is 30.1 Å². The molecule has 1 heterocycles. The first-order chi connectivity index (χ1) is 7.54. The van der Waals surface area contributed by atoms with E-state index in [1.165, 1.54) is 0 Å². The number of ether oxygens (including phenoxy) is 1. The number of imide groups is 1. The van der Waals surface area contributed by atoms with Crippen LogP contribution in [0.2, 0.25) is 0 Å². The lowest BCUT2D eigenvalue weighted by Crippen LogP contribution is -2.48. The Morgan fingerprint density at radius 2 is 2.06 bits per heavy atom. The van der Waals surface area contributed by atoms with Crippen LogP contribution in [0.4, 0.5) is 4.79 Å². The summed E-state index contributed by atoms with van der Waals surface area (Å²) in [4.78, 5) is 34.1. The molecule has 0 aromatic carbocycles. The molecule has 1 aliphatic rings. The van der Waals surface area contributed by atoms with Gasteiger partial charge < -0.3 is 10.1 Å². The first-order valence-electron chi connectivity index (χ1n) is 5.33. The summed E-state index contributed by atoms with van der Waals surface area (Å²) < 4.78 is 4.79. The van der Waals surface area contributed by atoms with Gasteiger partial charge in [-0.2, -0.15) is 0 Å². The van der Waals surface area contributed by atoms with E-state index in [9.17, 15) is 14.4 Å². The molecular weight excluding hydrogens is 212 g/mol. The van der Waals surface area contributed by atoms with Crippen LogP contribution in [0, 0.1) is 0 Å². The number of carbonyl (C=O) groups excluding carboxylic acids is 3. The number of hydrogen-bond donors (Lipinski definition) is 2. The van der Waals surface area contributed by atoms with Crippen molar-refractivity contribution in [1.29, 1.82) is 0 Å². The predicted molar refractivity (Wildman–Crippen MR) is 55.6 cm³/mol. The Kier molecular flexibility index (Phi) is 3.87. The van der Waals surface area contributed by atoms with Crippen LogP contribution in [0.15, 0.2) is 0 Å². The fourth-order valence-corrected chi connectivity index (χ4v) is 1.80. The number of carbonyl (C=O) groups is 3.